The lowest BCUT2D eigenvalue weighted by atomic mass is 10.3. The third-order valence-electron chi connectivity index (χ3n) is 2.84. The Kier molecular flexibility index (Phi) is 3.46. The van der Waals surface area contributed by atoms with Gasteiger partial charge in [-0.1, -0.05) is 0 Å². The van der Waals surface area contributed by atoms with Crippen molar-refractivity contribution in [3.05, 3.63) is 12.4 Å². The number of nitrogens with zero attached hydrogens (tertiary/aromatic N) is 3. The van der Waals surface area contributed by atoms with Crippen molar-refractivity contribution in [2.24, 2.45) is 5.92 Å². The first-order valence-electron chi connectivity index (χ1n) is 5.78. The average molecular weight is 224 g/mol. The summed E-state index contributed by atoms with van der Waals surface area (Å²) in [7, 11) is 2.05. The number of aromatic nitrogens is 2. The fraction of sp³-hybridized carbons (Fsp3) is 0.727. The molecule has 1 atom stereocenters. The van der Waals surface area contributed by atoms with Crippen molar-refractivity contribution in [3.63, 3.8) is 0 Å². The first kappa shape index (κ1) is 11.4. The van der Waals surface area contributed by atoms with Crippen LogP contribution in [-0.2, 0) is 6.54 Å². The van der Waals surface area contributed by atoms with Gasteiger partial charge in [-0.05, 0) is 25.8 Å². The zero-order chi connectivity index (χ0) is 11.5. The van der Waals surface area contributed by atoms with Gasteiger partial charge in [0, 0.05) is 19.3 Å². The lowest BCUT2D eigenvalue weighted by Crippen LogP contribution is -2.33. The summed E-state index contributed by atoms with van der Waals surface area (Å²) in [6.45, 7) is 2.29. The molecule has 1 aliphatic carbocycles. The molecule has 0 saturated heterocycles. The number of likely N-dealkylation sites (N-methyl/N-ethyl adjacent to an activating group) is 1. The Morgan fingerprint density at radius 3 is 3.00 bits per heavy atom. The molecule has 1 unspecified atom stereocenters. The zero-order valence-electron chi connectivity index (χ0n) is 9.71. The van der Waals surface area contributed by atoms with Gasteiger partial charge in [-0.2, -0.15) is 5.10 Å². The monoisotopic (exact) mass is 224 g/mol. The maximum atomic E-state index is 9.87. The quantitative estimate of drug-likeness (QED) is 0.722. The molecule has 1 saturated carbocycles. The molecule has 0 radical (unpaired) electrons. The van der Waals surface area contributed by atoms with Gasteiger partial charge in [-0.25, -0.2) is 0 Å². The molecule has 90 valence electrons. The molecule has 0 bridgehead atoms. The molecule has 1 aromatic rings. The van der Waals surface area contributed by atoms with Gasteiger partial charge in [0.2, 0.25) is 0 Å². The van der Waals surface area contributed by atoms with Gasteiger partial charge >= 0.3 is 0 Å². The Balaban J connectivity index is 1.72. The molecular weight excluding hydrogens is 204 g/mol. The standard InChI is InChI=1S/C11H20N4O/c1-14(5-9-2-3-9)7-11(16)8-15-6-10(12)4-13-15/h4,6,9,11,16H,2-3,5,7-8,12H2,1H3. The Hall–Kier alpha value is -1.07. The van der Waals surface area contributed by atoms with E-state index in [1.165, 1.54) is 12.8 Å². The molecule has 1 aromatic heterocycles. The Morgan fingerprint density at radius 2 is 2.44 bits per heavy atom. The van der Waals surface area contributed by atoms with Crippen molar-refractivity contribution < 1.29 is 5.11 Å². The predicted octanol–water partition coefficient (Wildman–Crippen LogP) is 0.168. The SMILES string of the molecule is CN(CC(O)Cn1cc(N)cn1)CC1CC1. The summed E-state index contributed by atoms with van der Waals surface area (Å²) in [5, 5.41) is 13.9. The summed E-state index contributed by atoms with van der Waals surface area (Å²) in [5.41, 5.74) is 6.19. The summed E-state index contributed by atoms with van der Waals surface area (Å²) < 4.78 is 1.69. The molecule has 2 rings (SSSR count). The second kappa shape index (κ2) is 4.84. The largest absolute Gasteiger partial charge is 0.396 e. The Bertz CT molecular complexity index is 334. The minimum atomic E-state index is -0.386. The molecule has 1 fully saturated rings. The van der Waals surface area contributed by atoms with Crippen molar-refractivity contribution in [2.45, 2.75) is 25.5 Å². The van der Waals surface area contributed by atoms with Crippen molar-refractivity contribution in [1.82, 2.24) is 14.7 Å². The van der Waals surface area contributed by atoms with Crippen LogP contribution in [0.3, 0.4) is 0 Å². The maximum absolute atomic E-state index is 9.87. The van der Waals surface area contributed by atoms with Crippen LogP contribution in [0.4, 0.5) is 5.69 Å². The average Bonchev–Trinajstić information content (AvgIpc) is 2.89. The van der Waals surface area contributed by atoms with Crippen molar-refractivity contribution in [1.29, 1.82) is 0 Å². The molecule has 1 aliphatic rings. The molecule has 3 N–H and O–H groups in total. The highest BCUT2D eigenvalue weighted by atomic mass is 16.3. The van der Waals surface area contributed by atoms with Crippen molar-refractivity contribution in [3.8, 4) is 0 Å². The highest BCUT2D eigenvalue weighted by Crippen LogP contribution is 2.29. The van der Waals surface area contributed by atoms with E-state index in [1.807, 2.05) is 0 Å². The van der Waals surface area contributed by atoms with E-state index in [0.29, 0.717) is 18.8 Å². The number of nitrogen functional groups attached to an aromatic ring is 1. The minimum absolute atomic E-state index is 0.386. The lowest BCUT2D eigenvalue weighted by Gasteiger charge is -2.20. The van der Waals surface area contributed by atoms with Crippen LogP contribution in [0.25, 0.3) is 0 Å². The molecule has 5 nitrogen and oxygen atoms in total. The first-order chi connectivity index (χ1) is 7.63. The molecule has 5 heteroatoms. The molecule has 0 spiro atoms. The van der Waals surface area contributed by atoms with Crippen LogP contribution < -0.4 is 5.73 Å². The fourth-order valence-electron chi connectivity index (χ4n) is 1.93. The topological polar surface area (TPSA) is 67.3 Å². The summed E-state index contributed by atoms with van der Waals surface area (Å²) in [5.74, 6) is 0.859. The van der Waals surface area contributed by atoms with Gasteiger partial charge in [-0.3, -0.25) is 4.68 Å². The number of aliphatic hydroxyl groups is 1. The van der Waals surface area contributed by atoms with E-state index in [2.05, 4.69) is 17.0 Å². The summed E-state index contributed by atoms with van der Waals surface area (Å²) >= 11 is 0. The smallest absolute Gasteiger partial charge is 0.0862 e. The third kappa shape index (κ3) is 3.50. The molecule has 16 heavy (non-hydrogen) atoms. The number of nitrogens with two attached hydrogens (primary N) is 1. The van der Waals surface area contributed by atoms with E-state index in [-0.39, 0.29) is 6.10 Å². The van der Waals surface area contributed by atoms with Crippen LogP contribution in [0.5, 0.6) is 0 Å². The first-order valence-corrected chi connectivity index (χ1v) is 5.78. The van der Waals surface area contributed by atoms with Crippen molar-refractivity contribution >= 4 is 5.69 Å². The van der Waals surface area contributed by atoms with Gasteiger partial charge in [0.15, 0.2) is 0 Å². The van der Waals surface area contributed by atoms with E-state index in [1.54, 1.807) is 17.1 Å². The molecule has 0 amide bonds. The molecule has 1 heterocycles. The summed E-state index contributed by atoms with van der Waals surface area (Å²) in [6, 6.07) is 0. The van der Waals surface area contributed by atoms with Gasteiger partial charge in [0.05, 0.1) is 24.5 Å². The molecule has 0 aliphatic heterocycles. The number of anilines is 1. The minimum Gasteiger partial charge on any atom is -0.396 e. The Labute approximate surface area is 95.8 Å². The third-order valence-corrected chi connectivity index (χ3v) is 2.84. The summed E-state index contributed by atoms with van der Waals surface area (Å²) in [4.78, 5) is 2.19. The highest BCUT2D eigenvalue weighted by Gasteiger charge is 2.23. The predicted molar refractivity (Wildman–Crippen MR) is 62.9 cm³/mol. The van der Waals surface area contributed by atoms with Crippen molar-refractivity contribution in [2.75, 3.05) is 25.9 Å². The van der Waals surface area contributed by atoms with Crippen LogP contribution in [0.2, 0.25) is 0 Å². The van der Waals surface area contributed by atoms with Crippen LogP contribution in [0.15, 0.2) is 12.4 Å². The van der Waals surface area contributed by atoms with Crippen LogP contribution in [-0.4, -0.2) is 46.0 Å². The van der Waals surface area contributed by atoms with E-state index in [0.717, 1.165) is 12.5 Å². The van der Waals surface area contributed by atoms with Gasteiger partial charge in [0.1, 0.15) is 0 Å². The Morgan fingerprint density at radius 1 is 1.69 bits per heavy atom. The molecular formula is C11H20N4O. The summed E-state index contributed by atoms with van der Waals surface area (Å²) in [6.07, 6.45) is 5.64. The number of aliphatic hydroxyl groups excluding tert-OH is 1. The fourth-order valence-corrected chi connectivity index (χ4v) is 1.93. The van der Waals surface area contributed by atoms with E-state index in [9.17, 15) is 5.11 Å². The number of hydrogen-bond acceptors (Lipinski definition) is 4. The van der Waals surface area contributed by atoms with Gasteiger partial charge in [0.25, 0.3) is 0 Å². The van der Waals surface area contributed by atoms with Gasteiger partial charge in [-0.15, -0.1) is 0 Å². The zero-order valence-corrected chi connectivity index (χ0v) is 9.71. The maximum Gasteiger partial charge on any atom is 0.0862 e. The number of rotatable bonds is 6. The van der Waals surface area contributed by atoms with Crippen LogP contribution in [0.1, 0.15) is 12.8 Å². The van der Waals surface area contributed by atoms with Crippen LogP contribution >= 0.6 is 0 Å². The van der Waals surface area contributed by atoms with Gasteiger partial charge < -0.3 is 15.7 Å². The normalized spacial score (nSPS) is 17.9. The highest BCUT2D eigenvalue weighted by molar-refractivity contribution is 5.30. The number of hydrogen-bond donors (Lipinski definition) is 2. The lowest BCUT2D eigenvalue weighted by molar-refractivity contribution is 0.104. The van der Waals surface area contributed by atoms with Crippen LogP contribution in [0, 0.1) is 5.92 Å². The second-order valence-corrected chi connectivity index (χ2v) is 4.81. The second-order valence-electron chi connectivity index (χ2n) is 4.81. The molecule has 0 aromatic carbocycles. The van der Waals surface area contributed by atoms with E-state index in [4.69, 9.17) is 5.73 Å². The van der Waals surface area contributed by atoms with E-state index >= 15 is 0 Å². The van der Waals surface area contributed by atoms with E-state index < -0.39 is 0 Å².